The van der Waals surface area contributed by atoms with Crippen molar-refractivity contribution >= 4 is 22.9 Å². The van der Waals surface area contributed by atoms with E-state index in [1.807, 2.05) is 18.2 Å². The van der Waals surface area contributed by atoms with Gasteiger partial charge in [-0.25, -0.2) is 4.79 Å². The van der Waals surface area contributed by atoms with Gasteiger partial charge in [0.05, 0.1) is 5.52 Å². The maximum absolute atomic E-state index is 10.8. The predicted molar refractivity (Wildman–Crippen MR) is 86.5 cm³/mol. The lowest BCUT2D eigenvalue weighted by Gasteiger charge is -2.20. The number of aryl methyl sites for hydroxylation is 1. The first kappa shape index (κ1) is 15.2. The number of nitrogens with zero attached hydrogens (tertiary/aromatic N) is 1. The van der Waals surface area contributed by atoms with Crippen LogP contribution in [0.4, 0.5) is 0 Å². The van der Waals surface area contributed by atoms with Crippen molar-refractivity contribution in [3.05, 3.63) is 47.2 Å². The minimum Gasteiger partial charge on any atom is -0.478 e. The lowest BCUT2D eigenvalue weighted by atomic mass is 9.89. The standard InChI is InChI=1S/C18H21NO2/c1-5-12-7-6-8-14-13(9-10-16(20)21)11-15(18(2,3)4)19-17(12)14/h6-11H,5H2,1-4H3,(H,20,21)/b10-9+. The number of aliphatic carboxylic acids is 1. The number of benzene rings is 1. The number of carboxylic acid groups (broad SMARTS) is 1. The summed E-state index contributed by atoms with van der Waals surface area (Å²) in [6.45, 7) is 8.44. The predicted octanol–water partition coefficient (Wildman–Crippen LogP) is 4.19. The number of pyridine rings is 1. The Bertz CT molecular complexity index is 709. The smallest absolute Gasteiger partial charge is 0.328 e. The third-order valence-electron chi connectivity index (χ3n) is 3.51. The van der Waals surface area contributed by atoms with Gasteiger partial charge in [-0.3, -0.25) is 4.98 Å². The van der Waals surface area contributed by atoms with Gasteiger partial charge < -0.3 is 5.11 Å². The monoisotopic (exact) mass is 283 g/mol. The van der Waals surface area contributed by atoms with E-state index in [4.69, 9.17) is 10.1 Å². The molecule has 110 valence electrons. The zero-order valence-corrected chi connectivity index (χ0v) is 13.0. The SMILES string of the molecule is CCc1cccc2c(/C=C/C(=O)O)cc(C(C)(C)C)nc12. The summed E-state index contributed by atoms with van der Waals surface area (Å²) in [6.07, 6.45) is 3.74. The second kappa shape index (κ2) is 5.68. The van der Waals surface area contributed by atoms with Crippen molar-refractivity contribution in [2.75, 3.05) is 0 Å². The van der Waals surface area contributed by atoms with E-state index in [9.17, 15) is 4.79 Å². The zero-order valence-electron chi connectivity index (χ0n) is 13.0. The van der Waals surface area contributed by atoms with Crippen LogP contribution in [0.2, 0.25) is 0 Å². The summed E-state index contributed by atoms with van der Waals surface area (Å²) < 4.78 is 0. The number of para-hydroxylation sites is 1. The number of hydrogen-bond acceptors (Lipinski definition) is 2. The quantitative estimate of drug-likeness (QED) is 0.859. The fourth-order valence-electron chi connectivity index (χ4n) is 2.30. The van der Waals surface area contributed by atoms with Gasteiger partial charge in [0.2, 0.25) is 0 Å². The summed E-state index contributed by atoms with van der Waals surface area (Å²) in [5, 5.41) is 9.87. The molecule has 0 spiro atoms. The largest absolute Gasteiger partial charge is 0.478 e. The molecule has 0 aliphatic rings. The summed E-state index contributed by atoms with van der Waals surface area (Å²) in [5.41, 5.74) is 3.95. The van der Waals surface area contributed by atoms with Crippen LogP contribution in [-0.4, -0.2) is 16.1 Å². The molecule has 0 saturated carbocycles. The molecule has 0 bridgehead atoms. The van der Waals surface area contributed by atoms with Gasteiger partial charge in [-0.15, -0.1) is 0 Å². The van der Waals surface area contributed by atoms with E-state index < -0.39 is 5.97 Å². The van der Waals surface area contributed by atoms with E-state index >= 15 is 0 Å². The molecule has 3 nitrogen and oxygen atoms in total. The summed E-state index contributed by atoms with van der Waals surface area (Å²) in [4.78, 5) is 15.6. The Morgan fingerprint density at radius 2 is 2.05 bits per heavy atom. The third kappa shape index (κ3) is 3.30. The normalized spacial score (nSPS) is 12.2. The van der Waals surface area contributed by atoms with Crippen molar-refractivity contribution in [1.29, 1.82) is 0 Å². The average Bonchev–Trinajstić information content (AvgIpc) is 2.42. The molecule has 2 aromatic rings. The molecule has 0 saturated heterocycles. The Hall–Kier alpha value is -2.16. The fourth-order valence-corrected chi connectivity index (χ4v) is 2.30. The van der Waals surface area contributed by atoms with Crippen LogP contribution in [-0.2, 0) is 16.6 Å². The van der Waals surface area contributed by atoms with Gasteiger partial charge in [-0.05, 0) is 29.7 Å². The van der Waals surface area contributed by atoms with Crippen LogP contribution in [0.5, 0.6) is 0 Å². The van der Waals surface area contributed by atoms with Crippen molar-refractivity contribution < 1.29 is 9.90 Å². The van der Waals surface area contributed by atoms with E-state index in [1.54, 1.807) is 6.08 Å². The van der Waals surface area contributed by atoms with Crippen LogP contribution < -0.4 is 0 Å². The van der Waals surface area contributed by atoms with Crippen LogP contribution in [0.15, 0.2) is 30.3 Å². The molecule has 0 fully saturated rings. The third-order valence-corrected chi connectivity index (χ3v) is 3.51. The highest BCUT2D eigenvalue weighted by Gasteiger charge is 2.18. The minimum absolute atomic E-state index is 0.0825. The first-order valence-electron chi connectivity index (χ1n) is 7.17. The molecular formula is C18H21NO2. The number of carboxylic acids is 1. The highest BCUT2D eigenvalue weighted by atomic mass is 16.4. The lowest BCUT2D eigenvalue weighted by molar-refractivity contribution is -0.131. The Kier molecular flexibility index (Phi) is 4.12. The van der Waals surface area contributed by atoms with Gasteiger partial charge in [-0.1, -0.05) is 45.9 Å². The molecule has 1 N–H and O–H groups in total. The molecule has 0 unspecified atom stereocenters. The molecule has 2 rings (SSSR count). The molecule has 1 aromatic heterocycles. The van der Waals surface area contributed by atoms with E-state index in [0.717, 1.165) is 28.6 Å². The molecule has 0 aliphatic carbocycles. The topological polar surface area (TPSA) is 50.2 Å². The average molecular weight is 283 g/mol. The second-order valence-corrected chi connectivity index (χ2v) is 6.19. The minimum atomic E-state index is -0.941. The number of carbonyl (C=O) groups is 1. The Morgan fingerprint density at radius 3 is 2.62 bits per heavy atom. The number of fused-ring (bicyclic) bond motifs is 1. The molecule has 0 atom stereocenters. The summed E-state index contributed by atoms with van der Waals surface area (Å²) in [5.74, 6) is -0.941. The molecule has 1 heterocycles. The van der Waals surface area contributed by atoms with Gasteiger partial charge in [0, 0.05) is 22.6 Å². The first-order valence-corrected chi connectivity index (χ1v) is 7.17. The number of aromatic nitrogens is 1. The van der Waals surface area contributed by atoms with E-state index in [-0.39, 0.29) is 5.41 Å². The molecule has 0 aliphatic heterocycles. The molecule has 0 radical (unpaired) electrons. The Morgan fingerprint density at radius 1 is 1.33 bits per heavy atom. The van der Waals surface area contributed by atoms with Crippen LogP contribution in [0.25, 0.3) is 17.0 Å². The summed E-state index contributed by atoms with van der Waals surface area (Å²) >= 11 is 0. The first-order chi connectivity index (χ1) is 9.82. The van der Waals surface area contributed by atoms with Gasteiger partial charge in [-0.2, -0.15) is 0 Å². The van der Waals surface area contributed by atoms with Crippen molar-refractivity contribution in [2.45, 2.75) is 39.5 Å². The maximum atomic E-state index is 10.8. The van der Waals surface area contributed by atoms with Crippen molar-refractivity contribution in [1.82, 2.24) is 4.98 Å². The van der Waals surface area contributed by atoms with Crippen LogP contribution in [0.1, 0.15) is 44.5 Å². The Balaban J connectivity index is 2.78. The van der Waals surface area contributed by atoms with E-state index in [1.165, 1.54) is 11.6 Å². The number of rotatable bonds is 3. The van der Waals surface area contributed by atoms with Crippen LogP contribution in [0.3, 0.4) is 0 Å². The fraction of sp³-hybridized carbons (Fsp3) is 0.333. The van der Waals surface area contributed by atoms with E-state index in [2.05, 4.69) is 33.8 Å². The van der Waals surface area contributed by atoms with E-state index in [0.29, 0.717) is 0 Å². The van der Waals surface area contributed by atoms with Gasteiger partial charge in [0.15, 0.2) is 0 Å². The summed E-state index contributed by atoms with van der Waals surface area (Å²) in [7, 11) is 0. The Labute approximate surface area is 125 Å². The molecular weight excluding hydrogens is 262 g/mol. The summed E-state index contributed by atoms with van der Waals surface area (Å²) in [6, 6.07) is 8.06. The van der Waals surface area contributed by atoms with Gasteiger partial charge in [0.1, 0.15) is 0 Å². The van der Waals surface area contributed by atoms with Crippen LogP contribution in [0, 0.1) is 0 Å². The molecule has 0 amide bonds. The second-order valence-electron chi connectivity index (χ2n) is 6.19. The maximum Gasteiger partial charge on any atom is 0.328 e. The highest BCUT2D eigenvalue weighted by Crippen LogP contribution is 2.28. The zero-order chi connectivity index (χ0) is 15.6. The highest BCUT2D eigenvalue weighted by molar-refractivity contribution is 5.94. The van der Waals surface area contributed by atoms with Crippen molar-refractivity contribution in [3.63, 3.8) is 0 Å². The van der Waals surface area contributed by atoms with Gasteiger partial charge >= 0.3 is 5.97 Å². The van der Waals surface area contributed by atoms with Crippen LogP contribution >= 0.6 is 0 Å². The molecule has 3 heteroatoms. The van der Waals surface area contributed by atoms with Crippen molar-refractivity contribution in [2.24, 2.45) is 0 Å². The van der Waals surface area contributed by atoms with Gasteiger partial charge in [0.25, 0.3) is 0 Å². The number of hydrogen-bond donors (Lipinski definition) is 1. The molecule has 21 heavy (non-hydrogen) atoms. The van der Waals surface area contributed by atoms with Crippen molar-refractivity contribution in [3.8, 4) is 0 Å². The lowest BCUT2D eigenvalue weighted by Crippen LogP contribution is -2.14. The molecule has 1 aromatic carbocycles.